The number of aromatic nitrogens is 2. The van der Waals surface area contributed by atoms with Crippen LogP contribution >= 0.6 is 0 Å². The van der Waals surface area contributed by atoms with Gasteiger partial charge in [0, 0.05) is 12.4 Å². The molecular weight excluding hydrogens is 193 g/mol. The number of para-hydroxylation sites is 1. The summed E-state index contributed by atoms with van der Waals surface area (Å²) < 4.78 is 15.2. The highest BCUT2D eigenvalue weighted by Crippen LogP contribution is 2.17. The van der Waals surface area contributed by atoms with Crippen LogP contribution in [0.1, 0.15) is 5.56 Å². The predicted octanol–water partition coefficient (Wildman–Crippen LogP) is 1.51. The van der Waals surface area contributed by atoms with Gasteiger partial charge in [0.05, 0.1) is 0 Å². The van der Waals surface area contributed by atoms with E-state index in [1.807, 2.05) is 6.07 Å². The standard InChI is InChI=1S/C11H12FN3/c12-10-4-1-3-9(5-6-13)11(10)15-8-2-7-14-15/h1-4,7-8H,5-6,13H2. The van der Waals surface area contributed by atoms with Gasteiger partial charge >= 0.3 is 0 Å². The third kappa shape index (κ3) is 1.89. The van der Waals surface area contributed by atoms with Crippen molar-refractivity contribution < 1.29 is 4.39 Å². The molecule has 0 fully saturated rings. The molecule has 1 aromatic carbocycles. The third-order valence-corrected chi connectivity index (χ3v) is 2.22. The molecule has 0 bridgehead atoms. The van der Waals surface area contributed by atoms with Crippen molar-refractivity contribution in [1.29, 1.82) is 0 Å². The first-order valence-electron chi connectivity index (χ1n) is 4.80. The number of hydrogen-bond donors (Lipinski definition) is 1. The zero-order valence-corrected chi connectivity index (χ0v) is 8.23. The van der Waals surface area contributed by atoms with Gasteiger partial charge in [0.1, 0.15) is 11.5 Å². The average Bonchev–Trinajstić information content (AvgIpc) is 2.71. The molecule has 0 aliphatic rings. The van der Waals surface area contributed by atoms with Crippen LogP contribution in [0.15, 0.2) is 36.7 Å². The summed E-state index contributed by atoms with van der Waals surface area (Å²) in [5.74, 6) is -0.273. The Hall–Kier alpha value is -1.68. The van der Waals surface area contributed by atoms with E-state index in [0.717, 1.165) is 5.56 Å². The molecule has 0 saturated carbocycles. The molecule has 2 N–H and O–H groups in total. The molecule has 1 heterocycles. The fourth-order valence-corrected chi connectivity index (χ4v) is 1.57. The smallest absolute Gasteiger partial charge is 0.149 e. The van der Waals surface area contributed by atoms with Crippen molar-refractivity contribution in [3.63, 3.8) is 0 Å². The fourth-order valence-electron chi connectivity index (χ4n) is 1.57. The van der Waals surface area contributed by atoms with E-state index in [9.17, 15) is 4.39 Å². The van der Waals surface area contributed by atoms with Crippen LogP contribution in [0.3, 0.4) is 0 Å². The lowest BCUT2D eigenvalue weighted by Gasteiger charge is -2.09. The molecule has 0 unspecified atom stereocenters. The van der Waals surface area contributed by atoms with Gasteiger partial charge in [0.25, 0.3) is 0 Å². The van der Waals surface area contributed by atoms with Gasteiger partial charge < -0.3 is 5.73 Å². The minimum Gasteiger partial charge on any atom is -0.330 e. The highest BCUT2D eigenvalue weighted by atomic mass is 19.1. The van der Waals surface area contributed by atoms with Crippen LogP contribution in [0.4, 0.5) is 4.39 Å². The molecule has 3 nitrogen and oxygen atoms in total. The van der Waals surface area contributed by atoms with Crippen LogP contribution < -0.4 is 5.73 Å². The van der Waals surface area contributed by atoms with E-state index < -0.39 is 0 Å². The summed E-state index contributed by atoms with van der Waals surface area (Å²) in [6.07, 6.45) is 3.99. The van der Waals surface area contributed by atoms with E-state index in [4.69, 9.17) is 5.73 Å². The summed E-state index contributed by atoms with van der Waals surface area (Å²) in [6.45, 7) is 0.498. The van der Waals surface area contributed by atoms with Crippen molar-refractivity contribution in [2.45, 2.75) is 6.42 Å². The first kappa shape index (κ1) is 9.86. The summed E-state index contributed by atoms with van der Waals surface area (Å²) in [5, 5.41) is 4.03. The van der Waals surface area contributed by atoms with Crippen LogP contribution in [0.2, 0.25) is 0 Å². The summed E-state index contributed by atoms with van der Waals surface area (Å²) in [6, 6.07) is 6.75. The zero-order valence-electron chi connectivity index (χ0n) is 8.23. The highest BCUT2D eigenvalue weighted by Gasteiger charge is 2.09. The van der Waals surface area contributed by atoms with Crippen LogP contribution in [0.5, 0.6) is 0 Å². The second kappa shape index (κ2) is 4.23. The van der Waals surface area contributed by atoms with Gasteiger partial charge in [0.15, 0.2) is 0 Å². The Kier molecular flexibility index (Phi) is 2.78. The lowest BCUT2D eigenvalue weighted by Crippen LogP contribution is -2.08. The number of rotatable bonds is 3. The SMILES string of the molecule is NCCc1cccc(F)c1-n1cccn1. The molecule has 0 atom stereocenters. The Morgan fingerprint density at radius 1 is 1.33 bits per heavy atom. The van der Waals surface area contributed by atoms with Crippen LogP contribution in [-0.4, -0.2) is 16.3 Å². The Balaban J connectivity index is 2.52. The molecule has 1 aromatic heterocycles. The molecule has 15 heavy (non-hydrogen) atoms. The molecule has 0 saturated heterocycles. The molecule has 0 amide bonds. The second-order valence-electron chi connectivity index (χ2n) is 3.24. The van der Waals surface area contributed by atoms with Crippen LogP contribution in [-0.2, 0) is 6.42 Å². The van der Waals surface area contributed by atoms with E-state index in [1.54, 1.807) is 24.5 Å². The first-order valence-corrected chi connectivity index (χ1v) is 4.80. The topological polar surface area (TPSA) is 43.8 Å². The van der Waals surface area contributed by atoms with Crippen molar-refractivity contribution in [3.8, 4) is 5.69 Å². The maximum absolute atomic E-state index is 13.6. The number of benzene rings is 1. The third-order valence-electron chi connectivity index (χ3n) is 2.22. The minimum atomic E-state index is -0.273. The molecule has 4 heteroatoms. The van der Waals surface area contributed by atoms with Gasteiger partial charge in [-0.15, -0.1) is 0 Å². The van der Waals surface area contributed by atoms with Crippen molar-refractivity contribution in [2.75, 3.05) is 6.54 Å². The number of hydrogen-bond acceptors (Lipinski definition) is 2. The van der Waals surface area contributed by atoms with Crippen LogP contribution in [0.25, 0.3) is 5.69 Å². The van der Waals surface area contributed by atoms with Gasteiger partial charge in [0.2, 0.25) is 0 Å². The van der Waals surface area contributed by atoms with Gasteiger partial charge in [-0.1, -0.05) is 12.1 Å². The summed E-state index contributed by atoms with van der Waals surface area (Å²) in [4.78, 5) is 0. The van der Waals surface area contributed by atoms with Gasteiger partial charge in [-0.25, -0.2) is 9.07 Å². The van der Waals surface area contributed by atoms with E-state index >= 15 is 0 Å². The normalized spacial score (nSPS) is 10.5. The number of nitrogens with two attached hydrogens (primary N) is 1. The van der Waals surface area contributed by atoms with E-state index in [0.29, 0.717) is 18.7 Å². The summed E-state index contributed by atoms with van der Waals surface area (Å²) in [7, 11) is 0. The molecule has 0 aliphatic carbocycles. The largest absolute Gasteiger partial charge is 0.330 e. The highest BCUT2D eigenvalue weighted by molar-refractivity contribution is 5.41. The van der Waals surface area contributed by atoms with E-state index in [1.165, 1.54) is 10.7 Å². The van der Waals surface area contributed by atoms with Gasteiger partial charge in [-0.05, 0) is 30.7 Å². The maximum atomic E-state index is 13.6. The maximum Gasteiger partial charge on any atom is 0.149 e. The summed E-state index contributed by atoms with van der Waals surface area (Å²) in [5.41, 5.74) is 6.85. The van der Waals surface area contributed by atoms with Crippen molar-refractivity contribution in [2.24, 2.45) is 5.73 Å². The van der Waals surface area contributed by atoms with Crippen LogP contribution in [0, 0.1) is 5.82 Å². The predicted molar refractivity (Wildman–Crippen MR) is 56.3 cm³/mol. The lowest BCUT2D eigenvalue weighted by molar-refractivity contribution is 0.607. The van der Waals surface area contributed by atoms with Crippen molar-refractivity contribution in [3.05, 3.63) is 48.0 Å². The van der Waals surface area contributed by atoms with Crippen molar-refractivity contribution in [1.82, 2.24) is 9.78 Å². The Morgan fingerprint density at radius 2 is 2.20 bits per heavy atom. The fraction of sp³-hybridized carbons (Fsp3) is 0.182. The van der Waals surface area contributed by atoms with E-state index in [-0.39, 0.29) is 5.82 Å². The average molecular weight is 205 g/mol. The number of nitrogens with zero attached hydrogens (tertiary/aromatic N) is 2. The minimum absolute atomic E-state index is 0.273. The zero-order chi connectivity index (χ0) is 10.7. The quantitative estimate of drug-likeness (QED) is 0.825. The molecule has 0 radical (unpaired) electrons. The Morgan fingerprint density at radius 3 is 2.87 bits per heavy atom. The second-order valence-corrected chi connectivity index (χ2v) is 3.24. The molecule has 0 aliphatic heterocycles. The molecular formula is C11H12FN3. The Bertz CT molecular complexity index is 437. The van der Waals surface area contributed by atoms with E-state index in [2.05, 4.69) is 5.10 Å². The molecule has 2 aromatic rings. The van der Waals surface area contributed by atoms with Gasteiger partial charge in [-0.2, -0.15) is 5.10 Å². The monoisotopic (exact) mass is 205 g/mol. The number of halogens is 1. The molecule has 2 rings (SSSR count). The molecule has 0 spiro atoms. The first-order chi connectivity index (χ1) is 7.33. The van der Waals surface area contributed by atoms with Gasteiger partial charge in [-0.3, -0.25) is 0 Å². The molecule has 78 valence electrons. The van der Waals surface area contributed by atoms with Crippen molar-refractivity contribution >= 4 is 0 Å². The Labute approximate surface area is 87.3 Å². The lowest BCUT2D eigenvalue weighted by atomic mass is 10.1. The summed E-state index contributed by atoms with van der Waals surface area (Å²) >= 11 is 0.